The third kappa shape index (κ3) is 3.68. The molecule has 26 heavy (non-hydrogen) atoms. The van der Waals surface area contributed by atoms with Gasteiger partial charge in [-0.3, -0.25) is 9.59 Å². The second-order valence-electron chi connectivity index (χ2n) is 7.12. The first kappa shape index (κ1) is 18.6. The van der Waals surface area contributed by atoms with Gasteiger partial charge in [-0.25, -0.2) is 0 Å². The van der Waals surface area contributed by atoms with Crippen LogP contribution < -0.4 is 0 Å². The molecule has 0 radical (unpaired) electrons. The van der Waals surface area contributed by atoms with Crippen molar-refractivity contribution in [1.29, 1.82) is 0 Å². The zero-order valence-electron chi connectivity index (χ0n) is 15.3. The van der Waals surface area contributed by atoms with Crippen LogP contribution in [0.4, 0.5) is 0 Å². The second kappa shape index (κ2) is 7.62. The molecule has 1 aromatic heterocycles. The molecule has 3 rings (SSSR count). The number of ketones is 1. The predicted octanol–water partition coefficient (Wildman–Crippen LogP) is 4.49. The van der Waals surface area contributed by atoms with Crippen LogP contribution in [-0.4, -0.2) is 34.8 Å². The van der Waals surface area contributed by atoms with E-state index < -0.39 is 0 Å². The van der Waals surface area contributed by atoms with Crippen LogP contribution in [0.1, 0.15) is 64.8 Å². The first-order valence-corrected chi connectivity index (χ1v) is 9.31. The largest absolute Gasteiger partial charge is 0.360 e. The van der Waals surface area contributed by atoms with Crippen molar-refractivity contribution in [3.63, 3.8) is 0 Å². The highest BCUT2D eigenvalue weighted by Gasteiger charge is 2.32. The maximum atomic E-state index is 13.1. The number of Topliss-reactive ketones (excluding diaryl/α,β-unsaturated/α-hetero) is 1. The summed E-state index contributed by atoms with van der Waals surface area (Å²) in [6, 6.07) is 6.92. The summed E-state index contributed by atoms with van der Waals surface area (Å²) in [6.07, 6.45) is 1.59. The molecule has 0 N–H and O–H groups in total. The highest BCUT2D eigenvalue weighted by Crippen LogP contribution is 2.27. The van der Waals surface area contributed by atoms with Crippen molar-refractivity contribution in [2.45, 2.75) is 39.5 Å². The third-order valence-electron chi connectivity index (χ3n) is 4.84. The minimum atomic E-state index is -0.198. The van der Waals surface area contributed by atoms with E-state index in [0.29, 0.717) is 40.7 Å². The van der Waals surface area contributed by atoms with Gasteiger partial charge in [0.05, 0.1) is 5.69 Å². The van der Waals surface area contributed by atoms with Gasteiger partial charge in [-0.1, -0.05) is 30.6 Å². The van der Waals surface area contributed by atoms with Crippen LogP contribution in [0.2, 0.25) is 5.02 Å². The van der Waals surface area contributed by atoms with E-state index in [0.717, 1.165) is 12.8 Å². The maximum Gasteiger partial charge on any atom is 0.259 e. The van der Waals surface area contributed by atoms with Crippen molar-refractivity contribution >= 4 is 23.3 Å². The summed E-state index contributed by atoms with van der Waals surface area (Å²) in [5, 5.41) is 4.56. The monoisotopic (exact) mass is 374 g/mol. The lowest BCUT2D eigenvalue weighted by atomic mass is 9.89. The fourth-order valence-corrected chi connectivity index (χ4v) is 3.55. The SMILES string of the molecule is Cc1noc(C(C)C)c1C(=O)N1CCCC(C(=O)c2ccc(Cl)cc2)C1. The molecule has 0 spiro atoms. The molecule has 1 fully saturated rings. The maximum absolute atomic E-state index is 13.1. The Labute approximate surface area is 158 Å². The molecule has 1 aliphatic rings. The summed E-state index contributed by atoms with van der Waals surface area (Å²) in [5.41, 5.74) is 1.78. The van der Waals surface area contributed by atoms with E-state index in [1.54, 1.807) is 36.1 Å². The number of nitrogens with zero attached hydrogens (tertiary/aromatic N) is 2. The number of amides is 1. The topological polar surface area (TPSA) is 63.4 Å². The first-order chi connectivity index (χ1) is 12.4. The van der Waals surface area contributed by atoms with Crippen molar-refractivity contribution in [2.75, 3.05) is 13.1 Å². The van der Waals surface area contributed by atoms with Gasteiger partial charge in [0.25, 0.3) is 5.91 Å². The van der Waals surface area contributed by atoms with Gasteiger partial charge in [0, 0.05) is 35.5 Å². The summed E-state index contributed by atoms with van der Waals surface area (Å²) in [7, 11) is 0. The fourth-order valence-electron chi connectivity index (χ4n) is 3.43. The van der Waals surface area contributed by atoms with E-state index in [2.05, 4.69) is 5.16 Å². The second-order valence-corrected chi connectivity index (χ2v) is 7.56. The van der Waals surface area contributed by atoms with Crippen LogP contribution in [0, 0.1) is 12.8 Å². The molecule has 1 amide bonds. The van der Waals surface area contributed by atoms with E-state index in [4.69, 9.17) is 16.1 Å². The van der Waals surface area contributed by atoms with Crippen LogP contribution in [-0.2, 0) is 0 Å². The minimum absolute atomic E-state index is 0.0605. The van der Waals surface area contributed by atoms with Gasteiger partial charge >= 0.3 is 0 Å². The number of carbonyl (C=O) groups excluding carboxylic acids is 2. The number of piperidine rings is 1. The van der Waals surface area contributed by atoms with Gasteiger partial charge < -0.3 is 9.42 Å². The van der Waals surface area contributed by atoms with E-state index in [-0.39, 0.29) is 23.5 Å². The quantitative estimate of drug-likeness (QED) is 0.739. The van der Waals surface area contributed by atoms with E-state index >= 15 is 0 Å². The number of aryl methyl sites for hydroxylation is 1. The number of benzene rings is 1. The number of rotatable bonds is 4. The Hall–Kier alpha value is -2.14. The van der Waals surface area contributed by atoms with Crippen LogP contribution in [0.25, 0.3) is 0 Å². The lowest BCUT2D eigenvalue weighted by molar-refractivity contribution is 0.0634. The standard InChI is InChI=1S/C20H23ClN2O3/c1-12(2)19-17(13(3)22-26-19)20(25)23-10-4-5-15(11-23)18(24)14-6-8-16(21)9-7-14/h6-9,12,15H,4-5,10-11H2,1-3H3. The highest BCUT2D eigenvalue weighted by molar-refractivity contribution is 6.30. The molecule has 2 heterocycles. The average molecular weight is 375 g/mol. The van der Waals surface area contributed by atoms with E-state index in [1.165, 1.54) is 0 Å². The van der Waals surface area contributed by atoms with Gasteiger partial charge in [-0.2, -0.15) is 0 Å². The number of likely N-dealkylation sites (tertiary alicyclic amines) is 1. The molecule has 1 unspecified atom stereocenters. The van der Waals surface area contributed by atoms with Crippen molar-refractivity contribution in [3.8, 4) is 0 Å². The Bertz CT molecular complexity index is 811. The Kier molecular flexibility index (Phi) is 5.47. The smallest absolute Gasteiger partial charge is 0.259 e. The zero-order valence-corrected chi connectivity index (χ0v) is 16.0. The number of hydrogen-bond donors (Lipinski definition) is 0. The molecule has 138 valence electrons. The van der Waals surface area contributed by atoms with Gasteiger partial charge in [0.1, 0.15) is 5.56 Å². The minimum Gasteiger partial charge on any atom is -0.360 e. The van der Waals surface area contributed by atoms with Crippen LogP contribution in [0.5, 0.6) is 0 Å². The molecule has 0 bridgehead atoms. The summed E-state index contributed by atoms with van der Waals surface area (Å²) in [4.78, 5) is 27.6. The highest BCUT2D eigenvalue weighted by atomic mass is 35.5. The van der Waals surface area contributed by atoms with Crippen LogP contribution in [0.3, 0.4) is 0 Å². The molecular weight excluding hydrogens is 352 g/mol. The van der Waals surface area contributed by atoms with Crippen molar-refractivity contribution in [3.05, 3.63) is 51.9 Å². The van der Waals surface area contributed by atoms with Gasteiger partial charge in [-0.15, -0.1) is 0 Å². The Morgan fingerprint density at radius 1 is 1.27 bits per heavy atom. The Morgan fingerprint density at radius 2 is 1.96 bits per heavy atom. The van der Waals surface area contributed by atoms with Crippen LogP contribution >= 0.6 is 11.6 Å². The van der Waals surface area contributed by atoms with Gasteiger partial charge in [0.15, 0.2) is 11.5 Å². The predicted molar refractivity (Wildman–Crippen MR) is 99.7 cm³/mol. The number of aromatic nitrogens is 1. The third-order valence-corrected chi connectivity index (χ3v) is 5.09. The Balaban J connectivity index is 1.78. The molecule has 0 aliphatic carbocycles. The van der Waals surface area contributed by atoms with Gasteiger partial charge in [0.2, 0.25) is 0 Å². The molecule has 1 saturated heterocycles. The zero-order chi connectivity index (χ0) is 18.8. The molecule has 5 nitrogen and oxygen atoms in total. The summed E-state index contributed by atoms with van der Waals surface area (Å²) < 4.78 is 5.35. The van der Waals surface area contributed by atoms with E-state index in [9.17, 15) is 9.59 Å². The summed E-state index contributed by atoms with van der Waals surface area (Å²) in [6.45, 7) is 6.79. The number of halogens is 1. The lowest BCUT2D eigenvalue weighted by Gasteiger charge is -2.32. The summed E-state index contributed by atoms with van der Waals surface area (Å²) >= 11 is 5.90. The molecule has 6 heteroatoms. The lowest BCUT2D eigenvalue weighted by Crippen LogP contribution is -2.42. The normalized spacial score (nSPS) is 17.6. The number of carbonyl (C=O) groups is 2. The van der Waals surface area contributed by atoms with Gasteiger partial charge in [-0.05, 0) is 44.0 Å². The first-order valence-electron chi connectivity index (χ1n) is 8.93. The Morgan fingerprint density at radius 3 is 2.62 bits per heavy atom. The fraction of sp³-hybridized carbons (Fsp3) is 0.450. The van der Waals surface area contributed by atoms with Crippen molar-refractivity contribution in [1.82, 2.24) is 10.1 Å². The van der Waals surface area contributed by atoms with E-state index in [1.807, 2.05) is 13.8 Å². The average Bonchev–Trinajstić information content (AvgIpc) is 3.03. The molecular formula is C20H23ClN2O3. The van der Waals surface area contributed by atoms with Crippen molar-refractivity contribution in [2.24, 2.45) is 5.92 Å². The van der Waals surface area contributed by atoms with Crippen molar-refractivity contribution < 1.29 is 14.1 Å². The summed E-state index contributed by atoms with van der Waals surface area (Å²) in [5.74, 6) is 0.452. The molecule has 2 aromatic rings. The molecule has 1 aromatic carbocycles. The van der Waals surface area contributed by atoms with Crippen LogP contribution in [0.15, 0.2) is 28.8 Å². The molecule has 0 saturated carbocycles. The molecule has 1 aliphatic heterocycles. The number of hydrogen-bond acceptors (Lipinski definition) is 4. The molecule has 1 atom stereocenters.